The van der Waals surface area contributed by atoms with Crippen molar-refractivity contribution in [2.45, 2.75) is 57.8 Å². The molecule has 0 amide bonds. The molecule has 5 nitrogen and oxygen atoms in total. The standard InChI is InChI=1S/C81H63N4O.Pt/c1-79(2,3)58-43-44-82-77(49-58)85-72-40-24-21-37-65(72)69-51-66(54-27-11-7-12-28-54)76(52-75(69)85)86-62-46-60(81(57-33-17-10-18-34-57)70-38-22-19-35-63(70)64-36-20-23-39-71(64)81)45-61(50-62)83-53-84(74-42-26-25-41-73(74)83)78-67(55-29-13-8-14-30-55)47-59(80(4,5)6)48-68(78)56-31-15-9-16-32-56;/h7-49,51,53H,1-6H3;/q-3;. The number of nitrogens with zero attached hydrogens (tertiary/aromatic N) is 4. The van der Waals surface area contributed by atoms with E-state index in [2.05, 4.69) is 336 Å². The summed E-state index contributed by atoms with van der Waals surface area (Å²) in [4.78, 5) is 9.78. The number of aromatic nitrogens is 2. The Morgan fingerprint density at radius 1 is 0.437 bits per heavy atom. The molecule has 426 valence electrons. The van der Waals surface area contributed by atoms with Crippen LogP contribution >= 0.6 is 0 Å². The van der Waals surface area contributed by atoms with Crippen molar-refractivity contribution in [1.29, 1.82) is 0 Å². The van der Waals surface area contributed by atoms with E-state index in [1.54, 1.807) is 0 Å². The van der Waals surface area contributed by atoms with Gasteiger partial charge in [0.15, 0.2) is 0 Å². The fraction of sp³-hybridized carbons (Fsp3) is 0.111. The van der Waals surface area contributed by atoms with Gasteiger partial charge in [0.25, 0.3) is 0 Å². The summed E-state index contributed by atoms with van der Waals surface area (Å²) in [5, 5.41) is 2.16. The number of hydrogen-bond acceptors (Lipinski definition) is 4. The van der Waals surface area contributed by atoms with Crippen LogP contribution in [-0.4, -0.2) is 9.55 Å². The van der Waals surface area contributed by atoms with Gasteiger partial charge >= 0.3 is 0 Å². The minimum absolute atomic E-state index is 0. The first-order valence-corrected chi connectivity index (χ1v) is 29.8. The maximum Gasteiger partial charge on any atom is 0.135 e. The molecule has 0 radical (unpaired) electrons. The van der Waals surface area contributed by atoms with Gasteiger partial charge in [-0.15, -0.1) is 47.6 Å². The molecule has 2 aromatic heterocycles. The van der Waals surface area contributed by atoms with Crippen LogP contribution in [0.1, 0.15) is 74.9 Å². The minimum Gasteiger partial charge on any atom is -0.509 e. The molecule has 0 N–H and O–H groups in total. The van der Waals surface area contributed by atoms with Gasteiger partial charge in [0.1, 0.15) is 5.82 Å². The van der Waals surface area contributed by atoms with E-state index in [0.29, 0.717) is 11.5 Å². The van der Waals surface area contributed by atoms with Crippen LogP contribution in [0.2, 0.25) is 0 Å². The second-order valence-electron chi connectivity index (χ2n) is 24.8. The predicted octanol–water partition coefficient (Wildman–Crippen LogP) is 20.9. The topological polar surface area (TPSA) is 33.5 Å². The van der Waals surface area contributed by atoms with Crippen molar-refractivity contribution < 1.29 is 25.8 Å². The van der Waals surface area contributed by atoms with Gasteiger partial charge in [-0.2, -0.15) is 6.07 Å². The van der Waals surface area contributed by atoms with Crippen LogP contribution in [0.15, 0.2) is 267 Å². The summed E-state index contributed by atoms with van der Waals surface area (Å²) in [6.07, 6.45) is 1.93. The number of fused-ring (bicyclic) bond motifs is 7. The van der Waals surface area contributed by atoms with Crippen LogP contribution in [0.4, 0.5) is 22.7 Å². The molecule has 0 fully saturated rings. The van der Waals surface area contributed by atoms with Crippen molar-refractivity contribution in [3.05, 3.63) is 319 Å². The SMILES string of the molecule is CC(C)(C)c1ccnc(-n2c3[c-]c(Oc4[c-]c(N5[CH-]N(c6c(-c7ccccc7)cc(C(C)(C)C)cc6-c6ccccc6)c6ccccc65)cc(C5(c6ccccc6)c6ccccc6-c6ccccc65)c4)c(-c4ccccc4)cc3c3ccccc32)c1.[Pt]. The fourth-order valence-electron chi connectivity index (χ4n) is 13.3. The van der Waals surface area contributed by atoms with Crippen molar-refractivity contribution in [3.63, 3.8) is 0 Å². The molecule has 0 atom stereocenters. The Morgan fingerprint density at radius 3 is 1.55 bits per heavy atom. The maximum atomic E-state index is 7.69. The average Bonchev–Trinajstić information content (AvgIpc) is 1.60. The Morgan fingerprint density at radius 2 is 0.954 bits per heavy atom. The second-order valence-corrected chi connectivity index (χ2v) is 24.8. The average molecular weight is 1300 g/mol. The van der Waals surface area contributed by atoms with Crippen molar-refractivity contribution in [2.24, 2.45) is 0 Å². The number of ether oxygens (including phenoxy) is 1. The number of hydrogen-bond donors (Lipinski definition) is 0. The molecule has 0 saturated carbocycles. The van der Waals surface area contributed by atoms with E-state index in [1.807, 2.05) is 6.20 Å². The van der Waals surface area contributed by atoms with Gasteiger partial charge in [0, 0.05) is 77.9 Å². The Balaban J connectivity index is 0.00000667. The molecule has 1 aliphatic carbocycles. The van der Waals surface area contributed by atoms with Gasteiger partial charge in [0.05, 0.1) is 0 Å². The van der Waals surface area contributed by atoms with Crippen molar-refractivity contribution in [1.82, 2.24) is 9.55 Å². The molecule has 13 aromatic rings. The Kier molecular flexibility index (Phi) is 13.8. The predicted molar refractivity (Wildman–Crippen MR) is 355 cm³/mol. The summed E-state index contributed by atoms with van der Waals surface area (Å²) in [5.41, 5.74) is 20.8. The van der Waals surface area contributed by atoms with Crippen LogP contribution in [0.25, 0.3) is 72.1 Å². The molecule has 0 unspecified atom stereocenters. The smallest absolute Gasteiger partial charge is 0.135 e. The van der Waals surface area contributed by atoms with E-state index in [9.17, 15) is 0 Å². The zero-order chi connectivity index (χ0) is 58.3. The Hall–Kier alpha value is -9.54. The van der Waals surface area contributed by atoms with Crippen LogP contribution in [0, 0.1) is 18.8 Å². The third-order valence-corrected chi connectivity index (χ3v) is 17.5. The van der Waals surface area contributed by atoms with Gasteiger partial charge in [-0.3, -0.25) is 0 Å². The third-order valence-electron chi connectivity index (χ3n) is 17.5. The number of anilines is 4. The van der Waals surface area contributed by atoms with E-state index in [-0.39, 0.29) is 31.9 Å². The van der Waals surface area contributed by atoms with E-state index < -0.39 is 5.41 Å². The first-order chi connectivity index (χ1) is 41.9. The van der Waals surface area contributed by atoms with Gasteiger partial charge in [-0.05, 0) is 109 Å². The molecule has 87 heavy (non-hydrogen) atoms. The van der Waals surface area contributed by atoms with Crippen LogP contribution in [-0.2, 0) is 37.3 Å². The molecule has 2 aliphatic rings. The first kappa shape index (κ1) is 55.3. The Bertz CT molecular complexity index is 4630. The minimum atomic E-state index is -0.773. The van der Waals surface area contributed by atoms with Crippen LogP contribution in [0.3, 0.4) is 0 Å². The normalized spacial score (nSPS) is 13.3. The molecule has 0 bridgehead atoms. The summed E-state index contributed by atoms with van der Waals surface area (Å²) >= 11 is 0. The number of para-hydroxylation sites is 3. The largest absolute Gasteiger partial charge is 0.509 e. The summed E-state index contributed by atoms with van der Waals surface area (Å²) in [6, 6.07) is 102. The molecule has 11 aromatic carbocycles. The first-order valence-electron chi connectivity index (χ1n) is 29.8. The molecule has 3 heterocycles. The summed E-state index contributed by atoms with van der Waals surface area (Å²) in [7, 11) is 0. The summed E-state index contributed by atoms with van der Waals surface area (Å²) in [6.45, 7) is 15.9. The monoisotopic (exact) mass is 1300 g/mol. The van der Waals surface area contributed by atoms with Gasteiger partial charge in [-0.1, -0.05) is 258 Å². The zero-order valence-electron chi connectivity index (χ0n) is 49.5. The van der Waals surface area contributed by atoms with E-state index in [4.69, 9.17) is 9.72 Å². The molecule has 0 saturated heterocycles. The van der Waals surface area contributed by atoms with Crippen molar-refractivity contribution >= 4 is 44.6 Å². The van der Waals surface area contributed by atoms with Crippen LogP contribution < -0.4 is 14.5 Å². The molecule has 15 rings (SSSR count). The van der Waals surface area contributed by atoms with Crippen LogP contribution in [0.5, 0.6) is 11.5 Å². The molecule has 6 heteroatoms. The van der Waals surface area contributed by atoms with Gasteiger partial charge in [-0.25, -0.2) is 4.98 Å². The number of pyridine rings is 1. The third kappa shape index (κ3) is 9.39. The van der Waals surface area contributed by atoms with E-state index >= 15 is 0 Å². The number of benzene rings is 11. The molecule has 1 aliphatic heterocycles. The summed E-state index contributed by atoms with van der Waals surface area (Å²) in [5.74, 6) is 1.95. The number of rotatable bonds is 10. The van der Waals surface area contributed by atoms with E-state index in [1.165, 1.54) is 33.4 Å². The maximum absolute atomic E-state index is 7.69. The molecular formula is C81H63N4OPt-3. The quantitative estimate of drug-likeness (QED) is 0.128. The fourth-order valence-corrected chi connectivity index (χ4v) is 13.3. The molecular weight excluding hydrogens is 1240 g/mol. The van der Waals surface area contributed by atoms with Gasteiger partial charge < -0.3 is 19.1 Å². The van der Waals surface area contributed by atoms with E-state index in [0.717, 1.165) is 94.9 Å². The summed E-state index contributed by atoms with van der Waals surface area (Å²) < 4.78 is 9.94. The van der Waals surface area contributed by atoms with Crippen molar-refractivity contribution in [2.75, 3.05) is 9.80 Å². The zero-order valence-corrected chi connectivity index (χ0v) is 51.8. The van der Waals surface area contributed by atoms with Gasteiger partial charge in [0.2, 0.25) is 0 Å². The molecule has 0 spiro atoms. The Labute approximate surface area is 525 Å². The second kappa shape index (κ2) is 21.8. The van der Waals surface area contributed by atoms with Crippen molar-refractivity contribution in [3.8, 4) is 61.8 Å².